The number of nitriles is 1. The molecule has 0 saturated carbocycles. The average molecular weight is 292 g/mol. The maximum atomic E-state index is 13.4. The fourth-order valence-electron chi connectivity index (χ4n) is 1.17. The third-order valence-corrected chi connectivity index (χ3v) is 2.71. The summed E-state index contributed by atoms with van der Waals surface area (Å²) in [5, 5.41) is 27.2. The van der Waals surface area contributed by atoms with Crippen LogP contribution in [0.25, 0.3) is 0 Å². The maximum Gasteiger partial charge on any atom is 0.141 e. The van der Waals surface area contributed by atoms with Crippen LogP contribution < -0.4 is 0 Å². The molecule has 1 rings (SSSR count). The van der Waals surface area contributed by atoms with E-state index in [1.54, 1.807) is 0 Å². The first-order chi connectivity index (χ1) is 7.51. The molecule has 0 aliphatic heterocycles. The largest absolute Gasteiger partial charge is 0.389 e. The number of hydrogen-bond acceptors (Lipinski definition) is 3. The Balaban J connectivity index is 3.17. The van der Waals surface area contributed by atoms with Crippen LogP contribution in [0.4, 0.5) is 8.78 Å². The molecule has 2 N–H and O–H groups in total. The lowest BCUT2D eigenvalue weighted by molar-refractivity contribution is 0.0318. The fourth-order valence-corrected chi connectivity index (χ4v) is 1.52. The van der Waals surface area contributed by atoms with Gasteiger partial charge in [0.25, 0.3) is 0 Å². The van der Waals surface area contributed by atoms with Crippen molar-refractivity contribution in [2.45, 2.75) is 12.2 Å². The Bertz CT molecular complexity index is 434. The molecule has 3 nitrogen and oxygen atoms in total. The number of nitrogens with zero attached hydrogens (tertiary/aromatic N) is 1. The highest BCUT2D eigenvalue weighted by molar-refractivity contribution is 9.09. The van der Waals surface area contributed by atoms with Gasteiger partial charge in [-0.25, -0.2) is 8.78 Å². The minimum absolute atomic E-state index is 0.0230. The highest BCUT2D eigenvalue weighted by atomic mass is 79.9. The number of benzene rings is 1. The molecule has 0 saturated heterocycles. The third-order valence-electron chi connectivity index (χ3n) is 2.05. The topological polar surface area (TPSA) is 64.2 Å². The number of aliphatic hydroxyl groups excluding tert-OH is 2. The van der Waals surface area contributed by atoms with Crippen molar-refractivity contribution < 1.29 is 19.0 Å². The molecule has 2 unspecified atom stereocenters. The first-order valence-corrected chi connectivity index (χ1v) is 5.44. The number of halogens is 3. The molecular weight excluding hydrogens is 284 g/mol. The van der Waals surface area contributed by atoms with E-state index in [1.807, 2.05) is 0 Å². The molecule has 0 bridgehead atoms. The van der Waals surface area contributed by atoms with Crippen molar-refractivity contribution in [3.63, 3.8) is 0 Å². The predicted octanol–water partition coefficient (Wildman–Crippen LogP) is 1.63. The molecule has 0 aliphatic rings. The lowest BCUT2D eigenvalue weighted by Gasteiger charge is -2.16. The van der Waals surface area contributed by atoms with Gasteiger partial charge < -0.3 is 10.2 Å². The van der Waals surface area contributed by atoms with Gasteiger partial charge in [-0.3, -0.25) is 0 Å². The normalized spacial score (nSPS) is 14.2. The Kier molecular flexibility index (Phi) is 4.35. The SMILES string of the molecule is N#Cc1cc(F)c(C(O)C(O)CBr)cc1F. The van der Waals surface area contributed by atoms with Gasteiger partial charge in [0.05, 0.1) is 11.7 Å². The summed E-state index contributed by atoms with van der Waals surface area (Å²) in [6.45, 7) is 0. The standard InChI is InChI=1S/C10H8BrF2NO2/c11-3-9(15)10(16)6-2-7(12)5(4-14)1-8(6)13/h1-2,9-10,15-16H,3H2. The van der Waals surface area contributed by atoms with Crippen LogP contribution in [0, 0.1) is 23.0 Å². The van der Waals surface area contributed by atoms with Crippen molar-refractivity contribution >= 4 is 15.9 Å². The van der Waals surface area contributed by atoms with E-state index in [9.17, 15) is 19.0 Å². The second-order valence-corrected chi connectivity index (χ2v) is 3.78. The molecule has 2 atom stereocenters. The number of alkyl halides is 1. The van der Waals surface area contributed by atoms with Gasteiger partial charge in [0.15, 0.2) is 0 Å². The molecular formula is C10H8BrF2NO2. The molecule has 1 aromatic carbocycles. The van der Waals surface area contributed by atoms with Gasteiger partial charge in [-0.2, -0.15) is 5.26 Å². The van der Waals surface area contributed by atoms with Gasteiger partial charge in [-0.1, -0.05) is 15.9 Å². The van der Waals surface area contributed by atoms with Crippen molar-refractivity contribution in [1.29, 1.82) is 5.26 Å². The zero-order chi connectivity index (χ0) is 12.3. The van der Waals surface area contributed by atoms with Gasteiger partial charge in [0, 0.05) is 10.9 Å². The molecule has 0 heterocycles. The Morgan fingerprint density at radius 2 is 1.94 bits per heavy atom. The van der Waals surface area contributed by atoms with Crippen LogP contribution in [0.15, 0.2) is 12.1 Å². The van der Waals surface area contributed by atoms with Crippen LogP contribution in [0.2, 0.25) is 0 Å². The number of hydrogen-bond donors (Lipinski definition) is 2. The molecule has 0 spiro atoms. The minimum Gasteiger partial charge on any atom is -0.389 e. The third kappa shape index (κ3) is 2.55. The second kappa shape index (κ2) is 5.34. The van der Waals surface area contributed by atoms with Crippen LogP contribution in [-0.2, 0) is 0 Å². The van der Waals surface area contributed by atoms with Gasteiger partial charge in [0.2, 0.25) is 0 Å². The van der Waals surface area contributed by atoms with E-state index in [1.165, 1.54) is 6.07 Å². The maximum absolute atomic E-state index is 13.4. The predicted molar refractivity (Wildman–Crippen MR) is 55.8 cm³/mol. The van der Waals surface area contributed by atoms with Gasteiger partial charge >= 0.3 is 0 Å². The summed E-state index contributed by atoms with van der Waals surface area (Å²) in [5.41, 5.74) is -0.815. The summed E-state index contributed by atoms with van der Waals surface area (Å²) in [6.07, 6.45) is -2.79. The van der Waals surface area contributed by atoms with E-state index in [0.29, 0.717) is 12.1 Å². The Morgan fingerprint density at radius 1 is 1.31 bits per heavy atom. The molecule has 0 aliphatic carbocycles. The molecule has 0 aromatic heterocycles. The molecule has 0 amide bonds. The Labute approximate surface area is 99.1 Å². The Morgan fingerprint density at radius 3 is 2.44 bits per heavy atom. The molecule has 1 aromatic rings. The zero-order valence-corrected chi connectivity index (χ0v) is 9.58. The molecule has 6 heteroatoms. The van der Waals surface area contributed by atoms with Crippen molar-refractivity contribution in [3.05, 3.63) is 34.9 Å². The van der Waals surface area contributed by atoms with Gasteiger partial charge in [-0.15, -0.1) is 0 Å². The van der Waals surface area contributed by atoms with Gasteiger partial charge in [-0.05, 0) is 12.1 Å². The quantitative estimate of drug-likeness (QED) is 0.832. The molecule has 0 fully saturated rings. The van der Waals surface area contributed by atoms with Gasteiger partial charge in [0.1, 0.15) is 23.8 Å². The summed E-state index contributed by atoms with van der Waals surface area (Å²) in [7, 11) is 0. The fraction of sp³-hybridized carbons (Fsp3) is 0.300. The summed E-state index contributed by atoms with van der Waals surface area (Å²) in [4.78, 5) is 0. The minimum atomic E-state index is -1.54. The van der Waals surface area contributed by atoms with E-state index in [-0.39, 0.29) is 10.9 Å². The van der Waals surface area contributed by atoms with Crippen LogP contribution in [-0.4, -0.2) is 21.6 Å². The summed E-state index contributed by atoms with van der Waals surface area (Å²) in [6, 6.07) is 2.88. The summed E-state index contributed by atoms with van der Waals surface area (Å²) >= 11 is 2.91. The Hall–Kier alpha value is -1.03. The first kappa shape index (κ1) is 13.0. The lowest BCUT2D eigenvalue weighted by Crippen LogP contribution is -2.20. The monoisotopic (exact) mass is 291 g/mol. The van der Waals surface area contributed by atoms with E-state index < -0.39 is 29.4 Å². The summed E-state index contributed by atoms with van der Waals surface area (Å²) < 4.78 is 26.5. The van der Waals surface area contributed by atoms with Crippen molar-refractivity contribution in [2.75, 3.05) is 5.33 Å². The lowest BCUT2D eigenvalue weighted by atomic mass is 10.0. The van der Waals surface area contributed by atoms with Crippen LogP contribution >= 0.6 is 15.9 Å². The van der Waals surface area contributed by atoms with Crippen molar-refractivity contribution in [2.24, 2.45) is 0 Å². The molecule has 16 heavy (non-hydrogen) atoms. The smallest absolute Gasteiger partial charge is 0.141 e. The molecule has 86 valence electrons. The molecule has 0 radical (unpaired) electrons. The van der Waals surface area contributed by atoms with E-state index in [2.05, 4.69) is 15.9 Å². The van der Waals surface area contributed by atoms with Crippen molar-refractivity contribution in [3.8, 4) is 6.07 Å². The zero-order valence-electron chi connectivity index (χ0n) is 7.99. The number of rotatable bonds is 3. The van der Waals surface area contributed by atoms with E-state index in [4.69, 9.17) is 5.26 Å². The van der Waals surface area contributed by atoms with Crippen LogP contribution in [0.3, 0.4) is 0 Å². The van der Waals surface area contributed by atoms with E-state index in [0.717, 1.165) is 0 Å². The average Bonchev–Trinajstić information content (AvgIpc) is 2.29. The highest BCUT2D eigenvalue weighted by Crippen LogP contribution is 2.24. The number of aliphatic hydroxyl groups is 2. The van der Waals surface area contributed by atoms with Crippen LogP contribution in [0.5, 0.6) is 0 Å². The second-order valence-electron chi connectivity index (χ2n) is 3.13. The first-order valence-electron chi connectivity index (χ1n) is 4.32. The van der Waals surface area contributed by atoms with Crippen LogP contribution in [0.1, 0.15) is 17.2 Å². The highest BCUT2D eigenvalue weighted by Gasteiger charge is 2.22. The van der Waals surface area contributed by atoms with E-state index >= 15 is 0 Å². The van der Waals surface area contributed by atoms with Crippen molar-refractivity contribution in [1.82, 2.24) is 0 Å². The summed E-state index contributed by atoms with van der Waals surface area (Å²) in [5.74, 6) is -1.86.